The molecule has 0 saturated carbocycles. The van der Waals surface area contributed by atoms with Crippen LogP contribution in [0.1, 0.15) is 15.9 Å². The standard InChI is InChI=1S/C10H11NO4/c1-6-2-3-8(11-9(13)5-12)7(4-6)10(14)15/h2-4,12H,5H2,1H3,(H,11,13)(H,14,15). The number of nitrogens with one attached hydrogen (secondary N) is 1. The molecule has 80 valence electrons. The molecule has 0 aliphatic rings. The lowest BCUT2D eigenvalue weighted by Gasteiger charge is -2.07. The maximum atomic E-state index is 10.9. The number of anilines is 1. The van der Waals surface area contributed by atoms with Crippen molar-refractivity contribution in [1.82, 2.24) is 0 Å². The Hall–Kier alpha value is -1.88. The summed E-state index contributed by atoms with van der Waals surface area (Å²) in [4.78, 5) is 21.7. The van der Waals surface area contributed by atoms with E-state index in [0.717, 1.165) is 5.56 Å². The minimum atomic E-state index is -1.12. The van der Waals surface area contributed by atoms with Crippen molar-refractivity contribution >= 4 is 17.6 Å². The van der Waals surface area contributed by atoms with Crippen LogP contribution in [0.3, 0.4) is 0 Å². The van der Waals surface area contributed by atoms with Crippen molar-refractivity contribution in [3.05, 3.63) is 29.3 Å². The summed E-state index contributed by atoms with van der Waals surface area (Å²) in [5.41, 5.74) is 0.985. The third-order valence-corrected chi connectivity index (χ3v) is 1.82. The quantitative estimate of drug-likeness (QED) is 0.681. The number of aliphatic hydroxyl groups excluding tert-OH is 1. The molecule has 5 nitrogen and oxygen atoms in total. The fourth-order valence-corrected chi connectivity index (χ4v) is 1.13. The van der Waals surface area contributed by atoms with E-state index in [1.165, 1.54) is 12.1 Å². The number of carboxylic acids is 1. The molecule has 0 aliphatic heterocycles. The maximum Gasteiger partial charge on any atom is 0.337 e. The molecule has 0 spiro atoms. The number of aromatic carboxylic acids is 1. The normalized spacial score (nSPS) is 9.73. The van der Waals surface area contributed by atoms with Gasteiger partial charge in [0.25, 0.3) is 0 Å². The van der Waals surface area contributed by atoms with Crippen molar-refractivity contribution in [2.75, 3.05) is 11.9 Å². The molecule has 0 aliphatic carbocycles. The number of amides is 1. The van der Waals surface area contributed by atoms with Crippen molar-refractivity contribution < 1.29 is 19.8 Å². The first-order chi connectivity index (χ1) is 7.04. The average molecular weight is 209 g/mol. The van der Waals surface area contributed by atoms with Crippen LogP contribution in [0.25, 0.3) is 0 Å². The lowest BCUT2D eigenvalue weighted by atomic mass is 10.1. The van der Waals surface area contributed by atoms with Crippen LogP contribution in [0.2, 0.25) is 0 Å². The van der Waals surface area contributed by atoms with Crippen LogP contribution in [-0.2, 0) is 4.79 Å². The number of carbonyl (C=O) groups is 2. The van der Waals surface area contributed by atoms with E-state index in [1.807, 2.05) is 0 Å². The van der Waals surface area contributed by atoms with Crippen LogP contribution >= 0.6 is 0 Å². The number of carbonyl (C=O) groups excluding carboxylic acids is 1. The Morgan fingerprint density at radius 2 is 2.07 bits per heavy atom. The van der Waals surface area contributed by atoms with E-state index in [9.17, 15) is 9.59 Å². The molecule has 3 N–H and O–H groups in total. The summed E-state index contributed by atoms with van der Waals surface area (Å²) in [7, 11) is 0. The van der Waals surface area contributed by atoms with Crippen LogP contribution in [0.4, 0.5) is 5.69 Å². The molecule has 0 aromatic heterocycles. The Morgan fingerprint density at radius 1 is 1.40 bits per heavy atom. The molecule has 0 fully saturated rings. The highest BCUT2D eigenvalue weighted by molar-refractivity contribution is 6.00. The molecule has 1 aromatic rings. The summed E-state index contributed by atoms with van der Waals surface area (Å²) in [5, 5.41) is 19.7. The number of hydrogen-bond acceptors (Lipinski definition) is 3. The van der Waals surface area contributed by atoms with E-state index in [-0.39, 0.29) is 11.3 Å². The predicted octanol–water partition coefficient (Wildman–Crippen LogP) is 0.624. The average Bonchev–Trinajstić information content (AvgIpc) is 2.20. The van der Waals surface area contributed by atoms with E-state index >= 15 is 0 Å². The monoisotopic (exact) mass is 209 g/mol. The van der Waals surface area contributed by atoms with Gasteiger partial charge in [-0.25, -0.2) is 4.79 Å². The van der Waals surface area contributed by atoms with Crippen molar-refractivity contribution in [1.29, 1.82) is 0 Å². The lowest BCUT2D eigenvalue weighted by molar-refractivity contribution is -0.118. The predicted molar refractivity (Wildman–Crippen MR) is 53.9 cm³/mol. The van der Waals surface area contributed by atoms with Crippen LogP contribution in [-0.4, -0.2) is 28.7 Å². The summed E-state index contributed by atoms with van der Waals surface area (Å²) in [6.45, 7) is 1.08. The minimum absolute atomic E-state index is 0.0109. The number of benzene rings is 1. The number of hydrogen-bond donors (Lipinski definition) is 3. The molecule has 0 bridgehead atoms. The molecule has 0 heterocycles. The third kappa shape index (κ3) is 2.78. The molecule has 0 saturated heterocycles. The highest BCUT2D eigenvalue weighted by Crippen LogP contribution is 2.17. The first-order valence-corrected chi connectivity index (χ1v) is 4.29. The Bertz CT molecular complexity index is 400. The van der Waals surface area contributed by atoms with Gasteiger partial charge in [-0.1, -0.05) is 11.6 Å². The van der Waals surface area contributed by atoms with Crippen molar-refractivity contribution in [3.63, 3.8) is 0 Å². The zero-order valence-corrected chi connectivity index (χ0v) is 8.15. The van der Waals surface area contributed by atoms with Crippen molar-refractivity contribution in [2.45, 2.75) is 6.92 Å². The largest absolute Gasteiger partial charge is 0.478 e. The molecular weight excluding hydrogens is 198 g/mol. The van der Waals surface area contributed by atoms with Gasteiger partial charge >= 0.3 is 5.97 Å². The van der Waals surface area contributed by atoms with Gasteiger partial charge in [0.05, 0.1) is 11.3 Å². The third-order valence-electron chi connectivity index (χ3n) is 1.82. The van der Waals surface area contributed by atoms with Gasteiger partial charge in [-0.3, -0.25) is 4.79 Å². The zero-order chi connectivity index (χ0) is 11.4. The Kier molecular flexibility index (Phi) is 3.41. The molecule has 15 heavy (non-hydrogen) atoms. The number of aliphatic hydroxyl groups is 1. The highest BCUT2D eigenvalue weighted by atomic mass is 16.4. The smallest absolute Gasteiger partial charge is 0.337 e. The van der Waals surface area contributed by atoms with Crippen LogP contribution in [0.15, 0.2) is 18.2 Å². The summed E-state index contributed by atoms with van der Waals surface area (Å²) in [6.07, 6.45) is 0. The number of rotatable bonds is 3. The molecule has 0 atom stereocenters. The maximum absolute atomic E-state index is 10.9. The van der Waals surface area contributed by atoms with Gasteiger partial charge in [-0.2, -0.15) is 0 Å². The molecule has 5 heteroatoms. The molecular formula is C10H11NO4. The van der Waals surface area contributed by atoms with Crippen molar-refractivity contribution in [2.24, 2.45) is 0 Å². The first-order valence-electron chi connectivity index (χ1n) is 4.29. The van der Waals surface area contributed by atoms with Gasteiger partial charge in [-0.15, -0.1) is 0 Å². The summed E-state index contributed by atoms with van der Waals surface area (Å²) < 4.78 is 0. The Labute approximate surface area is 86.4 Å². The van der Waals surface area contributed by atoms with E-state index in [1.54, 1.807) is 13.0 Å². The molecule has 1 amide bonds. The van der Waals surface area contributed by atoms with Crippen molar-refractivity contribution in [3.8, 4) is 0 Å². The van der Waals surface area contributed by atoms with Gasteiger partial charge in [0.1, 0.15) is 6.61 Å². The number of aryl methyl sites for hydroxylation is 1. The summed E-state index contributed by atoms with van der Waals surface area (Å²) in [6, 6.07) is 4.63. The van der Waals surface area contributed by atoms with Gasteiger partial charge in [0.15, 0.2) is 0 Å². The zero-order valence-electron chi connectivity index (χ0n) is 8.15. The minimum Gasteiger partial charge on any atom is -0.478 e. The number of carboxylic acid groups (broad SMARTS) is 1. The Balaban J connectivity index is 3.06. The molecule has 0 unspecified atom stereocenters. The molecule has 1 aromatic carbocycles. The van der Waals surface area contributed by atoms with Gasteiger partial charge < -0.3 is 15.5 Å². The van der Waals surface area contributed by atoms with E-state index in [0.29, 0.717) is 0 Å². The fourth-order valence-electron chi connectivity index (χ4n) is 1.13. The molecule has 1 rings (SSSR count). The van der Waals surface area contributed by atoms with Gasteiger partial charge in [-0.05, 0) is 19.1 Å². The van der Waals surface area contributed by atoms with Gasteiger partial charge in [0.2, 0.25) is 5.91 Å². The lowest BCUT2D eigenvalue weighted by Crippen LogP contribution is -2.17. The second kappa shape index (κ2) is 4.56. The van der Waals surface area contributed by atoms with Crippen LogP contribution in [0, 0.1) is 6.92 Å². The van der Waals surface area contributed by atoms with E-state index in [4.69, 9.17) is 10.2 Å². The second-order valence-corrected chi connectivity index (χ2v) is 3.06. The van der Waals surface area contributed by atoms with Crippen LogP contribution < -0.4 is 5.32 Å². The highest BCUT2D eigenvalue weighted by Gasteiger charge is 2.11. The first kappa shape index (κ1) is 11.2. The topological polar surface area (TPSA) is 86.6 Å². The van der Waals surface area contributed by atoms with Gasteiger partial charge in [0, 0.05) is 0 Å². The van der Waals surface area contributed by atoms with E-state index < -0.39 is 18.5 Å². The Morgan fingerprint density at radius 3 is 2.60 bits per heavy atom. The molecule has 0 radical (unpaired) electrons. The van der Waals surface area contributed by atoms with E-state index in [2.05, 4.69) is 5.32 Å². The fraction of sp³-hybridized carbons (Fsp3) is 0.200. The SMILES string of the molecule is Cc1ccc(NC(=O)CO)c(C(=O)O)c1. The summed E-state index contributed by atoms with van der Waals surface area (Å²) >= 11 is 0. The summed E-state index contributed by atoms with van der Waals surface area (Å²) in [5.74, 6) is -1.76. The second-order valence-electron chi connectivity index (χ2n) is 3.06. The van der Waals surface area contributed by atoms with Crippen LogP contribution in [0.5, 0.6) is 0 Å².